The number of nitrogens with one attached hydrogen (secondary N) is 1. The summed E-state index contributed by atoms with van der Waals surface area (Å²) in [6.07, 6.45) is -4.15. The summed E-state index contributed by atoms with van der Waals surface area (Å²) in [5, 5.41) is 8.61. The van der Waals surface area contributed by atoms with Gasteiger partial charge in [0.2, 0.25) is 5.54 Å². The summed E-state index contributed by atoms with van der Waals surface area (Å²) in [6.45, 7) is 0.453. The van der Waals surface area contributed by atoms with Gasteiger partial charge in [-0.2, -0.15) is 30.6 Å². The second-order valence-corrected chi connectivity index (χ2v) is 5.81. The largest absolute Gasteiger partial charge is 0.480 e. The quantitative estimate of drug-likeness (QED) is 0.781. The van der Waals surface area contributed by atoms with Crippen LogP contribution in [0.15, 0.2) is 0 Å². The molecule has 0 amide bonds. The van der Waals surface area contributed by atoms with Crippen LogP contribution in [0.4, 0.5) is 13.2 Å². The molecule has 0 saturated carbocycles. The molecule has 6 nitrogen and oxygen atoms in total. The van der Waals surface area contributed by atoms with Crippen molar-refractivity contribution in [2.45, 2.75) is 31.5 Å². The first-order chi connectivity index (χ1) is 8.01. The van der Waals surface area contributed by atoms with Crippen LogP contribution in [0.5, 0.6) is 0 Å². The van der Waals surface area contributed by atoms with Crippen molar-refractivity contribution in [1.82, 2.24) is 9.03 Å². The minimum atomic E-state index is -5.23. The lowest BCUT2D eigenvalue weighted by Crippen LogP contribution is -2.63. The van der Waals surface area contributed by atoms with E-state index in [1.54, 1.807) is 0 Å². The fourth-order valence-corrected chi connectivity index (χ4v) is 3.06. The lowest BCUT2D eigenvalue weighted by Gasteiger charge is -2.30. The summed E-state index contributed by atoms with van der Waals surface area (Å²) in [4.78, 5) is 10.7. The molecule has 1 rings (SSSR count). The number of hydrogen-bond acceptors (Lipinski definition) is 3. The van der Waals surface area contributed by atoms with E-state index < -0.39 is 27.9 Å². The van der Waals surface area contributed by atoms with Crippen molar-refractivity contribution in [1.29, 1.82) is 0 Å². The Balaban J connectivity index is 3.01. The Bertz CT molecular complexity index is 430. The number of aliphatic carboxylic acids is 1. The SMILES string of the molecule is CC(NS(=O)(=O)N1CCCC1)(C(=O)O)C(F)(F)F. The van der Waals surface area contributed by atoms with Gasteiger partial charge in [0.05, 0.1) is 0 Å². The van der Waals surface area contributed by atoms with E-state index >= 15 is 0 Å². The van der Waals surface area contributed by atoms with Crippen LogP contribution in [0.25, 0.3) is 0 Å². The molecule has 0 aliphatic carbocycles. The zero-order valence-corrected chi connectivity index (χ0v) is 10.3. The molecule has 0 radical (unpaired) electrons. The van der Waals surface area contributed by atoms with Gasteiger partial charge in [-0.25, -0.2) is 4.79 Å². The number of carboxylic acid groups (broad SMARTS) is 1. The van der Waals surface area contributed by atoms with Crippen molar-refractivity contribution in [3.05, 3.63) is 0 Å². The molecule has 1 atom stereocenters. The third-order valence-electron chi connectivity index (χ3n) is 2.73. The van der Waals surface area contributed by atoms with Crippen molar-refractivity contribution in [2.24, 2.45) is 0 Å². The van der Waals surface area contributed by atoms with Crippen molar-refractivity contribution in [2.75, 3.05) is 13.1 Å². The van der Waals surface area contributed by atoms with Gasteiger partial charge in [-0.1, -0.05) is 0 Å². The third kappa shape index (κ3) is 2.75. The number of hydrogen-bond donors (Lipinski definition) is 2. The predicted molar refractivity (Wildman–Crippen MR) is 55.0 cm³/mol. The summed E-state index contributed by atoms with van der Waals surface area (Å²) in [5.41, 5.74) is -3.53. The lowest BCUT2D eigenvalue weighted by atomic mass is 10.0. The first-order valence-corrected chi connectivity index (χ1v) is 6.54. The van der Waals surface area contributed by atoms with Crippen LogP contribution in [0.1, 0.15) is 19.8 Å². The van der Waals surface area contributed by atoms with Gasteiger partial charge in [0.25, 0.3) is 10.2 Å². The maximum Gasteiger partial charge on any atom is 0.418 e. The maximum absolute atomic E-state index is 12.6. The number of carboxylic acids is 1. The molecular formula is C8H13F3N2O4S. The highest BCUT2D eigenvalue weighted by molar-refractivity contribution is 7.87. The van der Waals surface area contributed by atoms with Crippen molar-refractivity contribution in [3.8, 4) is 0 Å². The predicted octanol–water partition coefficient (Wildman–Crippen LogP) is 0.322. The number of rotatable bonds is 4. The third-order valence-corrected chi connectivity index (χ3v) is 4.44. The van der Waals surface area contributed by atoms with Crippen molar-refractivity contribution in [3.63, 3.8) is 0 Å². The molecule has 1 aliphatic heterocycles. The molecule has 2 N–H and O–H groups in total. The zero-order chi connectivity index (χ0) is 14.2. The molecule has 1 unspecified atom stereocenters. The topological polar surface area (TPSA) is 86.7 Å². The average Bonchev–Trinajstić information content (AvgIpc) is 2.67. The molecular weight excluding hydrogens is 277 g/mol. The summed E-state index contributed by atoms with van der Waals surface area (Å²) in [5.74, 6) is -2.29. The molecule has 10 heteroatoms. The molecule has 1 saturated heterocycles. The molecule has 0 spiro atoms. The number of halogens is 3. The van der Waals surface area contributed by atoms with Crippen LogP contribution in [0, 0.1) is 0 Å². The maximum atomic E-state index is 12.6. The molecule has 106 valence electrons. The fourth-order valence-electron chi connectivity index (χ4n) is 1.47. The van der Waals surface area contributed by atoms with Crippen LogP contribution in [0.3, 0.4) is 0 Å². The van der Waals surface area contributed by atoms with Crippen LogP contribution in [-0.2, 0) is 15.0 Å². The van der Waals surface area contributed by atoms with Crippen molar-refractivity contribution < 1.29 is 31.5 Å². The Kier molecular flexibility index (Phi) is 3.94. The van der Waals surface area contributed by atoms with Gasteiger partial charge in [-0.05, 0) is 19.8 Å². The molecule has 0 aromatic carbocycles. The van der Waals surface area contributed by atoms with E-state index in [0.29, 0.717) is 12.8 Å². The first-order valence-electron chi connectivity index (χ1n) is 5.10. The second-order valence-electron chi connectivity index (χ2n) is 4.14. The van der Waals surface area contributed by atoms with E-state index in [0.717, 1.165) is 4.31 Å². The molecule has 0 bridgehead atoms. The van der Waals surface area contributed by atoms with E-state index in [1.165, 1.54) is 4.72 Å². The molecule has 1 fully saturated rings. The van der Waals surface area contributed by atoms with Crippen LogP contribution < -0.4 is 4.72 Å². The van der Waals surface area contributed by atoms with Crippen LogP contribution in [-0.4, -0.2) is 48.6 Å². The highest BCUT2D eigenvalue weighted by Crippen LogP contribution is 2.31. The van der Waals surface area contributed by atoms with Gasteiger partial charge >= 0.3 is 12.1 Å². The van der Waals surface area contributed by atoms with Gasteiger partial charge in [0, 0.05) is 13.1 Å². The molecule has 1 aliphatic rings. The monoisotopic (exact) mass is 290 g/mol. The van der Waals surface area contributed by atoms with Gasteiger partial charge in [-0.15, -0.1) is 0 Å². The highest BCUT2D eigenvalue weighted by atomic mass is 32.2. The standard InChI is InChI=1S/C8H13F3N2O4S/c1-7(6(14)15,8(9,10)11)12-18(16,17)13-4-2-3-5-13/h12H,2-5H2,1H3,(H,14,15). The minimum Gasteiger partial charge on any atom is -0.480 e. The van der Waals surface area contributed by atoms with Crippen LogP contribution >= 0.6 is 0 Å². The van der Waals surface area contributed by atoms with E-state index in [2.05, 4.69) is 0 Å². The Labute approximate surface area is 102 Å². The normalized spacial score (nSPS) is 21.8. The van der Waals surface area contributed by atoms with Crippen LogP contribution in [0.2, 0.25) is 0 Å². The average molecular weight is 290 g/mol. The second kappa shape index (κ2) is 4.67. The van der Waals surface area contributed by atoms with Gasteiger partial charge in [-0.3, -0.25) is 0 Å². The van der Waals surface area contributed by atoms with E-state index in [9.17, 15) is 26.4 Å². The summed E-state index contributed by atoms with van der Waals surface area (Å²) >= 11 is 0. The zero-order valence-electron chi connectivity index (χ0n) is 9.49. The van der Waals surface area contributed by atoms with E-state index in [-0.39, 0.29) is 20.0 Å². The number of carbonyl (C=O) groups is 1. The molecule has 0 aromatic rings. The number of alkyl halides is 3. The highest BCUT2D eigenvalue weighted by Gasteiger charge is 2.60. The number of nitrogens with zero attached hydrogens (tertiary/aromatic N) is 1. The lowest BCUT2D eigenvalue weighted by molar-refractivity contribution is -0.201. The van der Waals surface area contributed by atoms with E-state index in [1.807, 2.05) is 0 Å². The Morgan fingerprint density at radius 3 is 2.06 bits per heavy atom. The minimum absolute atomic E-state index is 0.0862. The van der Waals surface area contributed by atoms with E-state index in [4.69, 9.17) is 5.11 Å². The van der Waals surface area contributed by atoms with Gasteiger partial charge < -0.3 is 5.11 Å². The summed E-state index contributed by atoms with van der Waals surface area (Å²) in [6, 6.07) is 0. The summed E-state index contributed by atoms with van der Waals surface area (Å²) < 4.78 is 63.3. The van der Waals surface area contributed by atoms with Gasteiger partial charge in [0.1, 0.15) is 0 Å². The Morgan fingerprint density at radius 1 is 1.28 bits per heavy atom. The Morgan fingerprint density at radius 2 is 1.72 bits per heavy atom. The summed E-state index contributed by atoms with van der Waals surface area (Å²) in [7, 11) is -4.46. The molecule has 0 aromatic heterocycles. The van der Waals surface area contributed by atoms with Gasteiger partial charge in [0.15, 0.2) is 0 Å². The first kappa shape index (κ1) is 15.2. The fraction of sp³-hybridized carbons (Fsp3) is 0.875. The van der Waals surface area contributed by atoms with Crippen molar-refractivity contribution >= 4 is 16.2 Å². The molecule has 1 heterocycles. The smallest absolute Gasteiger partial charge is 0.418 e. The molecule has 18 heavy (non-hydrogen) atoms. The Hall–Kier alpha value is -0.870.